The van der Waals surface area contributed by atoms with Crippen molar-refractivity contribution in [2.45, 2.75) is 6.42 Å². The van der Waals surface area contributed by atoms with Crippen molar-refractivity contribution in [1.82, 2.24) is 5.32 Å². The number of carbonyl (C=O) groups excluding carboxylic acids is 1. The molecule has 0 saturated heterocycles. The first-order valence-electron chi connectivity index (χ1n) is 6.46. The maximum atomic E-state index is 12.0. The first-order valence-corrected chi connectivity index (χ1v) is 7.63. The molecule has 0 aliphatic carbocycles. The monoisotopic (exact) mass is 367 g/mol. The fraction of sp³-hybridized carbons (Fsp3) is 0.188. The van der Waals surface area contributed by atoms with Gasteiger partial charge in [0.1, 0.15) is 5.75 Å². The van der Waals surface area contributed by atoms with E-state index in [0.29, 0.717) is 21.6 Å². The summed E-state index contributed by atoms with van der Waals surface area (Å²) in [4.78, 5) is 12.0. The molecule has 21 heavy (non-hydrogen) atoms. The molecule has 2 rings (SSSR count). The summed E-state index contributed by atoms with van der Waals surface area (Å²) in [6.45, 7) is 0.562. The minimum atomic E-state index is -0.115. The average molecular weight is 369 g/mol. The van der Waals surface area contributed by atoms with Crippen LogP contribution in [-0.2, 0) is 6.42 Å². The second kappa shape index (κ2) is 7.48. The van der Waals surface area contributed by atoms with Gasteiger partial charge in [-0.25, -0.2) is 0 Å². The molecule has 2 aromatic carbocycles. The van der Waals surface area contributed by atoms with Gasteiger partial charge in [0.15, 0.2) is 0 Å². The van der Waals surface area contributed by atoms with E-state index in [-0.39, 0.29) is 5.91 Å². The van der Waals surface area contributed by atoms with E-state index in [0.717, 1.165) is 17.7 Å². The number of ether oxygens (including phenoxy) is 1. The lowest BCUT2D eigenvalue weighted by Gasteiger charge is -2.07. The Morgan fingerprint density at radius 1 is 1.29 bits per heavy atom. The number of hydrogen-bond donors (Lipinski definition) is 1. The highest BCUT2D eigenvalue weighted by molar-refractivity contribution is 9.10. The first-order chi connectivity index (χ1) is 10.1. The Bertz CT molecular complexity index is 646. The van der Waals surface area contributed by atoms with Crippen LogP contribution >= 0.6 is 27.5 Å². The van der Waals surface area contributed by atoms with Gasteiger partial charge in [-0.3, -0.25) is 4.79 Å². The summed E-state index contributed by atoms with van der Waals surface area (Å²) < 4.78 is 5.88. The van der Waals surface area contributed by atoms with Crippen molar-refractivity contribution in [3.8, 4) is 5.75 Å². The Balaban J connectivity index is 1.90. The third-order valence-electron chi connectivity index (χ3n) is 3.02. The molecule has 2 aromatic rings. The van der Waals surface area contributed by atoms with Gasteiger partial charge in [-0.05, 0) is 58.2 Å². The summed E-state index contributed by atoms with van der Waals surface area (Å²) in [6, 6.07) is 12.9. The fourth-order valence-electron chi connectivity index (χ4n) is 1.89. The zero-order valence-corrected chi connectivity index (χ0v) is 13.9. The Labute approximate surface area is 137 Å². The summed E-state index contributed by atoms with van der Waals surface area (Å²) in [6.07, 6.45) is 0.748. The quantitative estimate of drug-likeness (QED) is 0.863. The number of hydrogen-bond acceptors (Lipinski definition) is 2. The van der Waals surface area contributed by atoms with Gasteiger partial charge < -0.3 is 10.1 Å². The van der Waals surface area contributed by atoms with Gasteiger partial charge in [-0.15, -0.1) is 0 Å². The van der Waals surface area contributed by atoms with Crippen LogP contribution in [0.4, 0.5) is 0 Å². The maximum Gasteiger partial charge on any atom is 0.251 e. The smallest absolute Gasteiger partial charge is 0.251 e. The molecule has 0 aliphatic heterocycles. The average Bonchev–Trinajstić information content (AvgIpc) is 2.50. The molecule has 0 saturated carbocycles. The number of benzene rings is 2. The maximum absolute atomic E-state index is 12.0. The molecule has 110 valence electrons. The summed E-state index contributed by atoms with van der Waals surface area (Å²) >= 11 is 9.22. The fourth-order valence-corrected chi connectivity index (χ4v) is 2.38. The zero-order valence-electron chi connectivity index (χ0n) is 11.5. The Kier molecular flexibility index (Phi) is 5.65. The van der Waals surface area contributed by atoms with Gasteiger partial charge in [0.05, 0.1) is 12.1 Å². The van der Waals surface area contributed by atoms with Crippen LogP contribution in [0.15, 0.2) is 46.9 Å². The van der Waals surface area contributed by atoms with Gasteiger partial charge in [-0.2, -0.15) is 0 Å². The van der Waals surface area contributed by atoms with Crippen LogP contribution in [-0.4, -0.2) is 19.6 Å². The molecule has 0 aliphatic rings. The van der Waals surface area contributed by atoms with E-state index in [2.05, 4.69) is 21.2 Å². The van der Waals surface area contributed by atoms with Crippen molar-refractivity contribution >= 4 is 33.4 Å². The van der Waals surface area contributed by atoms with Crippen LogP contribution in [0.2, 0.25) is 5.02 Å². The summed E-state index contributed by atoms with van der Waals surface area (Å²) in [7, 11) is 1.64. The summed E-state index contributed by atoms with van der Waals surface area (Å²) in [5.74, 6) is 0.704. The third-order valence-corrected chi connectivity index (χ3v) is 4.23. The second-order valence-electron chi connectivity index (χ2n) is 4.49. The van der Waals surface area contributed by atoms with Gasteiger partial charge in [0.25, 0.3) is 5.91 Å². The van der Waals surface area contributed by atoms with Crippen LogP contribution in [0.25, 0.3) is 0 Å². The molecule has 1 amide bonds. The lowest BCUT2D eigenvalue weighted by molar-refractivity contribution is 0.0954. The molecule has 0 unspecified atom stereocenters. The van der Waals surface area contributed by atoms with Crippen molar-refractivity contribution in [1.29, 1.82) is 0 Å². The van der Waals surface area contributed by atoms with E-state index < -0.39 is 0 Å². The molecule has 0 heterocycles. The van der Waals surface area contributed by atoms with Crippen LogP contribution in [0.5, 0.6) is 5.75 Å². The Morgan fingerprint density at radius 2 is 2.10 bits per heavy atom. The Morgan fingerprint density at radius 3 is 2.81 bits per heavy atom. The van der Waals surface area contributed by atoms with Gasteiger partial charge >= 0.3 is 0 Å². The molecule has 5 heteroatoms. The highest BCUT2D eigenvalue weighted by atomic mass is 79.9. The Hall–Kier alpha value is -1.52. The van der Waals surface area contributed by atoms with E-state index >= 15 is 0 Å². The number of nitrogens with one attached hydrogen (secondary N) is 1. The van der Waals surface area contributed by atoms with Crippen molar-refractivity contribution in [3.05, 3.63) is 63.1 Å². The molecule has 0 bridgehead atoms. The number of amides is 1. The topological polar surface area (TPSA) is 38.3 Å². The molecule has 0 atom stereocenters. The highest BCUT2D eigenvalue weighted by Gasteiger charge is 2.07. The lowest BCUT2D eigenvalue weighted by Crippen LogP contribution is -2.25. The predicted molar refractivity (Wildman–Crippen MR) is 88.2 cm³/mol. The molecule has 1 N–H and O–H groups in total. The van der Waals surface area contributed by atoms with E-state index in [1.807, 2.05) is 24.3 Å². The number of halogens is 2. The minimum absolute atomic E-state index is 0.115. The van der Waals surface area contributed by atoms with Gasteiger partial charge in [0, 0.05) is 16.6 Å². The van der Waals surface area contributed by atoms with Crippen molar-refractivity contribution < 1.29 is 9.53 Å². The van der Waals surface area contributed by atoms with Crippen LogP contribution in [0.1, 0.15) is 15.9 Å². The molecular weight excluding hydrogens is 354 g/mol. The normalized spacial score (nSPS) is 10.2. The van der Waals surface area contributed by atoms with E-state index in [9.17, 15) is 4.79 Å². The largest absolute Gasteiger partial charge is 0.497 e. The second-order valence-corrected chi connectivity index (χ2v) is 5.75. The summed E-state index contributed by atoms with van der Waals surface area (Å²) in [5.41, 5.74) is 1.70. The molecule has 0 radical (unpaired) electrons. The van der Waals surface area contributed by atoms with Crippen molar-refractivity contribution in [3.63, 3.8) is 0 Å². The summed E-state index contributed by atoms with van der Waals surface area (Å²) in [5, 5.41) is 3.47. The highest BCUT2D eigenvalue weighted by Crippen LogP contribution is 2.23. The van der Waals surface area contributed by atoms with Gasteiger partial charge in [-0.1, -0.05) is 23.7 Å². The number of methoxy groups -OCH3 is 1. The van der Waals surface area contributed by atoms with Crippen LogP contribution in [0, 0.1) is 0 Å². The molecule has 3 nitrogen and oxygen atoms in total. The molecule has 0 fully saturated rings. The standard InChI is InChI=1S/C16H15BrClNO2/c1-21-13-4-2-3-11(9-13)7-8-19-16(20)12-5-6-15(18)14(17)10-12/h2-6,9-10H,7-8H2,1H3,(H,19,20). The van der Waals surface area contributed by atoms with E-state index in [4.69, 9.17) is 16.3 Å². The minimum Gasteiger partial charge on any atom is -0.497 e. The number of rotatable bonds is 5. The third kappa shape index (κ3) is 4.48. The molecule has 0 spiro atoms. The lowest BCUT2D eigenvalue weighted by atomic mass is 10.1. The van der Waals surface area contributed by atoms with Crippen LogP contribution < -0.4 is 10.1 Å². The van der Waals surface area contributed by atoms with E-state index in [1.165, 1.54) is 0 Å². The van der Waals surface area contributed by atoms with Crippen molar-refractivity contribution in [2.75, 3.05) is 13.7 Å². The SMILES string of the molecule is COc1cccc(CCNC(=O)c2ccc(Cl)c(Br)c2)c1. The number of carbonyl (C=O) groups is 1. The van der Waals surface area contributed by atoms with Gasteiger partial charge in [0.2, 0.25) is 0 Å². The zero-order chi connectivity index (χ0) is 15.2. The van der Waals surface area contributed by atoms with E-state index in [1.54, 1.807) is 25.3 Å². The molecular formula is C16H15BrClNO2. The van der Waals surface area contributed by atoms with Crippen LogP contribution in [0.3, 0.4) is 0 Å². The predicted octanol–water partition coefficient (Wildman–Crippen LogP) is 4.08. The molecule has 0 aromatic heterocycles. The van der Waals surface area contributed by atoms with Crippen molar-refractivity contribution in [2.24, 2.45) is 0 Å². The first kappa shape index (κ1) is 15.9.